The van der Waals surface area contributed by atoms with Gasteiger partial charge in [0.2, 0.25) is 0 Å². The summed E-state index contributed by atoms with van der Waals surface area (Å²) in [7, 11) is 3.07. The van der Waals surface area contributed by atoms with Gasteiger partial charge in [0.1, 0.15) is 11.5 Å². The van der Waals surface area contributed by atoms with Gasteiger partial charge in [-0.1, -0.05) is 12.1 Å². The highest BCUT2D eigenvalue weighted by atomic mass is 32.2. The van der Waals surface area contributed by atoms with Crippen molar-refractivity contribution >= 4 is 23.1 Å². The second kappa shape index (κ2) is 11.1. The van der Waals surface area contributed by atoms with Gasteiger partial charge in [-0.15, -0.1) is 11.8 Å². The molecule has 0 fully saturated rings. The average Bonchev–Trinajstić information content (AvgIpc) is 2.77. The molecule has 0 saturated carbocycles. The standard InChI is InChI=1S/C23H26F3NO3S/c1-5-27(6-2)14-21(16-8-7-9-17(10-16)23(24,25)26)22(28)15-31-20-12-18(29-3)11-19(13-20)30-4/h7-14H,5-6,15H2,1-4H3/b21-14+. The number of ether oxygens (including phenoxy) is 2. The van der Waals surface area contributed by atoms with Gasteiger partial charge in [-0.3, -0.25) is 4.79 Å². The van der Waals surface area contributed by atoms with E-state index in [9.17, 15) is 18.0 Å². The van der Waals surface area contributed by atoms with Gasteiger partial charge in [0.05, 0.1) is 25.5 Å². The van der Waals surface area contributed by atoms with Crippen LogP contribution in [0.4, 0.5) is 13.2 Å². The molecule has 31 heavy (non-hydrogen) atoms. The number of Topliss-reactive ketones (excluding diaryl/α,β-unsaturated/α-hetero) is 1. The summed E-state index contributed by atoms with van der Waals surface area (Å²) >= 11 is 1.27. The predicted octanol–water partition coefficient (Wildman–Crippen LogP) is 5.77. The quantitative estimate of drug-likeness (QED) is 0.338. The number of nitrogens with zero attached hydrogens (tertiary/aromatic N) is 1. The Morgan fingerprint density at radius 1 is 1.03 bits per heavy atom. The van der Waals surface area contributed by atoms with Crippen molar-refractivity contribution in [3.05, 3.63) is 59.8 Å². The third kappa shape index (κ3) is 6.95. The highest BCUT2D eigenvalue weighted by Gasteiger charge is 2.31. The van der Waals surface area contributed by atoms with E-state index >= 15 is 0 Å². The van der Waals surface area contributed by atoms with E-state index in [0.29, 0.717) is 24.6 Å². The predicted molar refractivity (Wildman–Crippen MR) is 118 cm³/mol. The first-order valence-electron chi connectivity index (χ1n) is 9.74. The van der Waals surface area contributed by atoms with Crippen molar-refractivity contribution in [1.29, 1.82) is 0 Å². The number of ketones is 1. The summed E-state index contributed by atoms with van der Waals surface area (Å²) in [4.78, 5) is 15.7. The number of thioether (sulfide) groups is 1. The summed E-state index contributed by atoms with van der Waals surface area (Å²) in [6.07, 6.45) is -2.84. The van der Waals surface area contributed by atoms with Gasteiger partial charge in [0, 0.05) is 35.8 Å². The number of carbonyl (C=O) groups is 1. The Hall–Kier alpha value is -2.61. The minimum absolute atomic E-state index is 0.0552. The average molecular weight is 454 g/mol. The lowest BCUT2D eigenvalue weighted by Gasteiger charge is -2.19. The second-order valence-corrected chi connectivity index (χ2v) is 7.65. The van der Waals surface area contributed by atoms with Gasteiger partial charge < -0.3 is 14.4 Å². The normalized spacial score (nSPS) is 11.9. The van der Waals surface area contributed by atoms with Gasteiger partial charge in [-0.2, -0.15) is 13.2 Å². The zero-order chi connectivity index (χ0) is 23.0. The molecule has 2 aromatic rings. The number of hydrogen-bond acceptors (Lipinski definition) is 5. The van der Waals surface area contributed by atoms with E-state index in [0.717, 1.165) is 17.0 Å². The van der Waals surface area contributed by atoms with Crippen molar-refractivity contribution in [2.75, 3.05) is 33.1 Å². The molecule has 168 valence electrons. The first kappa shape index (κ1) is 24.7. The van der Waals surface area contributed by atoms with Crippen molar-refractivity contribution in [3.8, 4) is 11.5 Å². The van der Waals surface area contributed by atoms with Crippen LogP contribution < -0.4 is 9.47 Å². The number of methoxy groups -OCH3 is 2. The Balaban J connectivity index is 2.34. The van der Waals surface area contributed by atoms with Gasteiger partial charge in [-0.05, 0) is 43.7 Å². The van der Waals surface area contributed by atoms with Crippen LogP contribution in [0, 0.1) is 0 Å². The van der Waals surface area contributed by atoms with Crippen LogP contribution in [-0.4, -0.2) is 43.7 Å². The van der Waals surface area contributed by atoms with Crippen LogP contribution >= 0.6 is 11.8 Å². The van der Waals surface area contributed by atoms with E-state index in [4.69, 9.17) is 9.47 Å². The zero-order valence-electron chi connectivity index (χ0n) is 18.0. The monoisotopic (exact) mass is 453 g/mol. The van der Waals surface area contributed by atoms with Crippen molar-refractivity contribution in [2.24, 2.45) is 0 Å². The van der Waals surface area contributed by atoms with E-state index < -0.39 is 11.7 Å². The molecule has 0 saturated heterocycles. The number of carbonyl (C=O) groups excluding carboxylic acids is 1. The Bertz CT molecular complexity index is 902. The number of benzene rings is 2. The Morgan fingerprint density at radius 2 is 1.65 bits per heavy atom. The Kier molecular flexibility index (Phi) is 8.86. The Labute approximate surface area is 185 Å². The molecule has 0 N–H and O–H groups in total. The number of rotatable bonds is 10. The first-order valence-corrected chi connectivity index (χ1v) is 10.7. The maximum atomic E-state index is 13.2. The molecule has 0 amide bonds. The van der Waals surface area contributed by atoms with Crippen LogP contribution in [0.1, 0.15) is 25.0 Å². The molecule has 0 aliphatic heterocycles. The van der Waals surface area contributed by atoms with E-state index in [1.54, 1.807) is 24.4 Å². The second-order valence-electron chi connectivity index (χ2n) is 6.60. The third-order valence-electron chi connectivity index (χ3n) is 4.62. The summed E-state index contributed by atoms with van der Waals surface area (Å²) in [5.41, 5.74) is -0.291. The minimum Gasteiger partial charge on any atom is -0.497 e. The number of allylic oxidation sites excluding steroid dienone is 1. The smallest absolute Gasteiger partial charge is 0.416 e. The van der Waals surface area contributed by atoms with Crippen LogP contribution in [-0.2, 0) is 11.0 Å². The molecule has 0 aromatic heterocycles. The molecular formula is C23H26F3NO3S. The van der Waals surface area contributed by atoms with E-state index in [-0.39, 0.29) is 22.7 Å². The van der Waals surface area contributed by atoms with Gasteiger partial charge >= 0.3 is 6.18 Å². The van der Waals surface area contributed by atoms with Gasteiger partial charge in [0.15, 0.2) is 5.78 Å². The molecule has 0 aliphatic rings. The summed E-state index contributed by atoms with van der Waals surface area (Å²) < 4.78 is 50.1. The van der Waals surface area contributed by atoms with Crippen molar-refractivity contribution < 1.29 is 27.4 Å². The van der Waals surface area contributed by atoms with Gasteiger partial charge in [-0.25, -0.2) is 0 Å². The van der Waals surface area contributed by atoms with Crippen molar-refractivity contribution in [3.63, 3.8) is 0 Å². The fourth-order valence-electron chi connectivity index (χ4n) is 2.85. The lowest BCUT2D eigenvalue weighted by molar-refractivity contribution is -0.137. The number of hydrogen-bond donors (Lipinski definition) is 0. The maximum Gasteiger partial charge on any atom is 0.416 e. The molecule has 2 rings (SSSR count). The van der Waals surface area contributed by atoms with Crippen LogP contribution in [0.15, 0.2) is 53.6 Å². The van der Waals surface area contributed by atoms with Crippen LogP contribution in [0.3, 0.4) is 0 Å². The molecule has 0 radical (unpaired) electrons. The number of alkyl halides is 3. The van der Waals surface area contributed by atoms with E-state index in [1.165, 1.54) is 38.1 Å². The highest BCUT2D eigenvalue weighted by molar-refractivity contribution is 8.00. The number of halogens is 3. The largest absolute Gasteiger partial charge is 0.497 e. The van der Waals surface area contributed by atoms with Crippen LogP contribution in [0.25, 0.3) is 5.57 Å². The molecule has 2 aromatic carbocycles. The zero-order valence-corrected chi connectivity index (χ0v) is 18.8. The maximum absolute atomic E-state index is 13.2. The van der Waals surface area contributed by atoms with E-state index in [2.05, 4.69) is 0 Å². The van der Waals surface area contributed by atoms with Crippen molar-refractivity contribution in [2.45, 2.75) is 24.9 Å². The van der Waals surface area contributed by atoms with Gasteiger partial charge in [0.25, 0.3) is 0 Å². The molecule has 0 spiro atoms. The summed E-state index contributed by atoms with van der Waals surface area (Å²) in [6.45, 7) is 5.11. The topological polar surface area (TPSA) is 38.8 Å². The molecule has 0 atom stereocenters. The van der Waals surface area contributed by atoms with Crippen LogP contribution in [0.2, 0.25) is 0 Å². The molecule has 0 unspecified atom stereocenters. The summed E-state index contributed by atoms with van der Waals surface area (Å²) in [6, 6.07) is 10.1. The molecule has 0 bridgehead atoms. The highest BCUT2D eigenvalue weighted by Crippen LogP contribution is 2.33. The summed E-state index contributed by atoms with van der Waals surface area (Å²) in [5, 5.41) is 0. The molecule has 8 heteroatoms. The fraction of sp³-hybridized carbons (Fsp3) is 0.348. The lowest BCUT2D eigenvalue weighted by Crippen LogP contribution is -2.18. The Morgan fingerprint density at radius 3 is 2.16 bits per heavy atom. The minimum atomic E-state index is -4.48. The van der Waals surface area contributed by atoms with Crippen LogP contribution in [0.5, 0.6) is 11.5 Å². The fourth-order valence-corrected chi connectivity index (χ4v) is 3.70. The van der Waals surface area contributed by atoms with E-state index in [1.807, 2.05) is 18.7 Å². The SMILES string of the molecule is CCN(/C=C(/C(=O)CSc1cc(OC)cc(OC)c1)c1cccc(C(F)(F)F)c1)CC. The molecular weight excluding hydrogens is 427 g/mol. The molecule has 0 aliphatic carbocycles. The summed E-state index contributed by atoms with van der Waals surface area (Å²) in [5.74, 6) is 0.967. The lowest BCUT2D eigenvalue weighted by atomic mass is 10.0. The first-order chi connectivity index (χ1) is 14.7. The molecule has 4 nitrogen and oxygen atoms in total. The third-order valence-corrected chi connectivity index (χ3v) is 5.60. The molecule has 0 heterocycles. The van der Waals surface area contributed by atoms with Crippen molar-refractivity contribution in [1.82, 2.24) is 4.90 Å².